The van der Waals surface area contributed by atoms with Crippen LogP contribution in [0.2, 0.25) is 0 Å². The first kappa shape index (κ1) is 7.91. The van der Waals surface area contributed by atoms with Crippen LogP contribution in [0.4, 0.5) is 0 Å². The Hall–Kier alpha value is -0.0900. The van der Waals surface area contributed by atoms with Crippen LogP contribution in [0, 0.1) is 18.3 Å². The molecule has 1 unspecified atom stereocenters. The maximum atomic E-state index is 5.15. The van der Waals surface area contributed by atoms with Gasteiger partial charge in [0.25, 0.3) is 0 Å². The second-order valence-electron chi connectivity index (χ2n) is 1.85. The molecule has 0 fully saturated rings. The highest BCUT2D eigenvalue weighted by atomic mass is 32.2. The topological polar surface area (TPSA) is 0 Å². The van der Waals surface area contributed by atoms with Gasteiger partial charge in [-0.3, -0.25) is 0 Å². The molecule has 0 aliphatic carbocycles. The van der Waals surface area contributed by atoms with E-state index in [4.69, 9.17) is 6.42 Å². The van der Waals surface area contributed by atoms with Crippen LogP contribution in [-0.4, -0.2) is 12.0 Å². The van der Waals surface area contributed by atoms with Crippen molar-refractivity contribution in [2.75, 3.05) is 12.0 Å². The van der Waals surface area contributed by atoms with E-state index < -0.39 is 0 Å². The molecule has 0 aliphatic rings. The van der Waals surface area contributed by atoms with Crippen molar-refractivity contribution in [3.63, 3.8) is 0 Å². The van der Waals surface area contributed by atoms with Crippen LogP contribution in [0.15, 0.2) is 0 Å². The van der Waals surface area contributed by atoms with E-state index >= 15 is 0 Å². The third-order valence-corrected chi connectivity index (χ3v) is 1.68. The Balaban J connectivity index is 3.02. The summed E-state index contributed by atoms with van der Waals surface area (Å²) in [4.78, 5) is 0. The van der Waals surface area contributed by atoms with Gasteiger partial charge in [0.2, 0.25) is 0 Å². The average molecular weight is 128 g/mol. The fraction of sp³-hybridized carbons (Fsp3) is 0.714. The molecule has 0 amide bonds. The van der Waals surface area contributed by atoms with Crippen LogP contribution >= 0.6 is 11.8 Å². The largest absolute Gasteiger partial charge is 0.165 e. The Bertz CT molecular complexity index is 80.9. The van der Waals surface area contributed by atoms with E-state index in [1.807, 2.05) is 11.8 Å². The number of terminal acetylenes is 1. The fourth-order valence-electron chi connectivity index (χ4n) is 0.378. The second-order valence-corrected chi connectivity index (χ2v) is 2.83. The van der Waals surface area contributed by atoms with Gasteiger partial charge in [0, 0.05) is 5.92 Å². The number of rotatable bonds is 3. The molecule has 0 aromatic rings. The predicted octanol–water partition coefficient (Wildman–Crippen LogP) is 2.01. The van der Waals surface area contributed by atoms with Crippen molar-refractivity contribution in [2.45, 2.75) is 13.3 Å². The Morgan fingerprint density at radius 3 is 2.75 bits per heavy atom. The van der Waals surface area contributed by atoms with Crippen LogP contribution in [0.1, 0.15) is 13.3 Å². The molecule has 0 spiro atoms. The van der Waals surface area contributed by atoms with E-state index in [9.17, 15) is 0 Å². The van der Waals surface area contributed by atoms with Gasteiger partial charge < -0.3 is 0 Å². The van der Waals surface area contributed by atoms with Crippen molar-refractivity contribution >= 4 is 11.8 Å². The predicted molar refractivity (Wildman–Crippen MR) is 41.0 cm³/mol. The minimum atomic E-state index is 0.461. The van der Waals surface area contributed by atoms with Gasteiger partial charge in [-0.1, -0.05) is 6.92 Å². The summed E-state index contributed by atoms with van der Waals surface area (Å²) in [5, 5.41) is 0. The molecule has 0 saturated heterocycles. The van der Waals surface area contributed by atoms with Gasteiger partial charge in [-0.2, -0.15) is 11.8 Å². The molecule has 8 heavy (non-hydrogen) atoms. The zero-order valence-electron chi connectivity index (χ0n) is 5.48. The standard InChI is InChI=1S/C7H12S/c1-4-7(2)5-6-8-3/h1,7H,5-6H2,2-3H3. The van der Waals surface area contributed by atoms with Gasteiger partial charge in [-0.15, -0.1) is 12.3 Å². The molecule has 0 aromatic carbocycles. The molecule has 0 rings (SSSR count). The van der Waals surface area contributed by atoms with Crippen molar-refractivity contribution in [2.24, 2.45) is 5.92 Å². The monoisotopic (exact) mass is 128 g/mol. The van der Waals surface area contributed by atoms with Gasteiger partial charge in [-0.05, 0) is 18.4 Å². The lowest BCUT2D eigenvalue weighted by Crippen LogP contribution is -1.90. The van der Waals surface area contributed by atoms with Crippen molar-refractivity contribution in [1.82, 2.24) is 0 Å². The lowest BCUT2D eigenvalue weighted by molar-refractivity contribution is 0.732. The molecule has 0 aliphatic heterocycles. The van der Waals surface area contributed by atoms with Crippen molar-refractivity contribution < 1.29 is 0 Å². The number of thioether (sulfide) groups is 1. The SMILES string of the molecule is C#CC(C)CCSC. The number of hydrogen-bond acceptors (Lipinski definition) is 1. The number of hydrogen-bond donors (Lipinski definition) is 0. The van der Waals surface area contributed by atoms with Crippen molar-refractivity contribution in [3.8, 4) is 12.3 Å². The molecule has 1 atom stereocenters. The zero-order chi connectivity index (χ0) is 6.41. The molecule has 0 bridgehead atoms. The van der Waals surface area contributed by atoms with Gasteiger partial charge in [0.05, 0.1) is 0 Å². The van der Waals surface area contributed by atoms with Crippen molar-refractivity contribution in [1.29, 1.82) is 0 Å². The summed E-state index contributed by atoms with van der Waals surface area (Å²) in [7, 11) is 0. The van der Waals surface area contributed by atoms with E-state index in [1.54, 1.807) is 0 Å². The minimum absolute atomic E-state index is 0.461. The molecule has 0 aromatic heterocycles. The molecule has 46 valence electrons. The van der Waals surface area contributed by atoms with E-state index in [0.29, 0.717) is 5.92 Å². The van der Waals surface area contributed by atoms with Crippen LogP contribution in [-0.2, 0) is 0 Å². The van der Waals surface area contributed by atoms with Crippen molar-refractivity contribution in [3.05, 3.63) is 0 Å². The summed E-state index contributed by atoms with van der Waals surface area (Å²) in [6, 6.07) is 0. The first-order chi connectivity index (χ1) is 3.81. The summed E-state index contributed by atoms with van der Waals surface area (Å²) < 4.78 is 0. The molecule has 0 heterocycles. The molecular weight excluding hydrogens is 116 g/mol. The van der Waals surface area contributed by atoms with Gasteiger partial charge in [0.1, 0.15) is 0 Å². The highest BCUT2D eigenvalue weighted by Crippen LogP contribution is 2.04. The van der Waals surface area contributed by atoms with Gasteiger partial charge in [0.15, 0.2) is 0 Å². The van der Waals surface area contributed by atoms with E-state index in [-0.39, 0.29) is 0 Å². The third-order valence-electron chi connectivity index (χ3n) is 1.04. The first-order valence-corrected chi connectivity index (χ1v) is 4.15. The summed E-state index contributed by atoms with van der Waals surface area (Å²) in [5.74, 6) is 4.33. The van der Waals surface area contributed by atoms with Crippen LogP contribution in [0.25, 0.3) is 0 Å². The summed E-state index contributed by atoms with van der Waals surface area (Å²) in [6.45, 7) is 2.08. The normalized spacial score (nSPS) is 12.6. The highest BCUT2D eigenvalue weighted by Gasteiger charge is 1.92. The third kappa shape index (κ3) is 4.08. The Morgan fingerprint density at radius 1 is 1.75 bits per heavy atom. The first-order valence-electron chi connectivity index (χ1n) is 2.76. The van der Waals surface area contributed by atoms with Crippen LogP contribution in [0.3, 0.4) is 0 Å². The Labute approximate surface area is 56.1 Å². The molecule has 1 heteroatoms. The summed E-state index contributed by atoms with van der Waals surface area (Å²) in [6.07, 6.45) is 8.40. The zero-order valence-corrected chi connectivity index (χ0v) is 6.29. The quantitative estimate of drug-likeness (QED) is 0.524. The molecule has 0 radical (unpaired) electrons. The van der Waals surface area contributed by atoms with Crippen LogP contribution < -0.4 is 0 Å². The van der Waals surface area contributed by atoms with E-state index in [0.717, 1.165) is 6.42 Å². The smallest absolute Gasteiger partial charge is 0.0179 e. The lowest BCUT2D eigenvalue weighted by atomic mass is 10.1. The highest BCUT2D eigenvalue weighted by molar-refractivity contribution is 7.98. The van der Waals surface area contributed by atoms with Gasteiger partial charge in [-0.25, -0.2) is 0 Å². The molecular formula is C7H12S. The minimum Gasteiger partial charge on any atom is -0.165 e. The molecule has 0 saturated carbocycles. The maximum absolute atomic E-state index is 5.15. The van der Waals surface area contributed by atoms with Crippen LogP contribution in [0.5, 0.6) is 0 Å². The fourth-order valence-corrected chi connectivity index (χ4v) is 0.967. The average Bonchev–Trinajstić information content (AvgIpc) is 1.83. The second kappa shape index (κ2) is 5.05. The summed E-state index contributed by atoms with van der Waals surface area (Å²) in [5.41, 5.74) is 0. The van der Waals surface area contributed by atoms with E-state index in [2.05, 4.69) is 19.1 Å². The summed E-state index contributed by atoms with van der Waals surface area (Å²) >= 11 is 1.85. The molecule has 0 nitrogen and oxygen atoms in total. The Kier molecular flexibility index (Phi) is 5.00. The van der Waals surface area contributed by atoms with Gasteiger partial charge >= 0.3 is 0 Å². The maximum Gasteiger partial charge on any atom is 0.0179 e. The lowest BCUT2D eigenvalue weighted by Gasteiger charge is -1.98. The Morgan fingerprint density at radius 2 is 2.38 bits per heavy atom. The molecule has 0 N–H and O–H groups in total. The van der Waals surface area contributed by atoms with E-state index in [1.165, 1.54) is 5.75 Å².